The lowest BCUT2D eigenvalue weighted by Crippen LogP contribution is -2.41. The predicted octanol–water partition coefficient (Wildman–Crippen LogP) is 3.59. The maximum Gasteiger partial charge on any atom is 0.264 e. The van der Waals surface area contributed by atoms with Gasteiger partial charge in [-0.2, -0.15) is 4.31 Å². The molecule has 196 valence electrons. The van der Waals surface area contributed by atoms with Crippen molar-refractivity contribution in [2.45, 2.75) is 36.5 Å². The summed E-state index contributed by atoms with van der Waals surface area (Å²) in [4.78, 5) is 21.1. The monoisotopic (exact) mass is 563 g/mol. The van der Waals surface area contributed by atoms with E-state index in [9.17, 15) is 21.6 Å². The Morgan fingerprint density at radius 3 is 2.00 bits per heavy atom. The lowest BCUT2D eigenvalue weighted by Gasteiger charge is -2.30. The van der Waals surface area contributed by atoms with Crippen molar-refractivity contribution >= 4 is 49.2 Å². The van der Waals surface area contributed by atoms with Crippen molar-refractivity contribution in [1.82, 2.24) is 14.3 Å². The third-order valence-corrected chi connectivity index (χ3v) is 9.43. The van der Waals surface area contributed by atoms with Gasteiger partial charge >= 0.3 is 0 Å². The zero-order valence-corrected chi connectivity index (χ0v) is 22.6. The van der Waals surface area contributed by atoms with E-state index in [1.54, 1.807) is 19.9 Å². The highest BCUT2D eigenvalue weighted by atomic mass is 35.5. The maximum atomic E-state index is 12.8. The maximum absolute atomic E-state index is 12.8. The molecule has 1 fully saturated rings. The first kappa shape index (κ1) is 27.0. The molecule has 0 aliphatic carbocycles. The molecular formula is C24H26ClN5O5S2. The van der Waals surface area contributed by atoms with E-state index >= 15 is 0 Å². The number of amides is 1. The second-order valence-electron chi connectivity index (χ2n) is 8.73. The Morgan fingerprint density at radius 2 is 1.43 bits per heavy atom. The number of aryl methyl sites for hydroxylation is 2. The van der Waals surface area contributed by atoms with Crippen molar-refractivity contribution in [2.24, 2.45) is 5.92 Å². The Hall–Kier alpha value is -3.06. The molecule has 2 aromatic carbocycles. The Bertz CT molecular complexity index is 1480. The van der Waals surface area contributed by atoms with E-state index in [0.29, 0.717) is 34.9 Å². The van der Waals surface area contributed by atoms with Gasteiger partial charge in [0, 0.05) is 41.1 Å². The van der Waals surface area contributed by atoms with E-state index < -0.39 is 20.0 Å². The van der Waals surface area contributed by atoms with Crippen molar-refractivity contribution < 1.29 is 21.6 Å². The van der Waals surface area contributed by atoms with Crippen LogP contribution in [0, 0.1) is 19.8 Å². The first-order chi connectivity index (χ1) is 17.4. The molecule has 0 radical (unpaired) electrons. The molecule has 0 saturated carbocycles. The first-order valence-corrected chi connectivity index (χ1v) is 14.8. The van der Waals surface area contributed by atoms with Crippen LogP contribution in [0.15, 0.2) is 64.4 Å². The van der Waals surface area contributed by atoms with Crippen molar-refractivity contribution in [3.05, 3.63) is 71.0 Å². The molecule has 1 aromatic heterocycles. The van der Waals surface area contributed by atoms with Crippen molar-refractivity contribution in [2.75, 3.05) is 23.1 Å². The Kier molecular flexibility index (Phi) is 7.83. The van der Waals surface area contributed by atoms with Gasteiger partial charge in [0.25, 0.3) is 10.0 Å². The summed E-state index contributed by atoms with van der Waals surface area (Å²) in [5.74, 6) is -0.636. The summed E-state index contributed by atoms with van der Waals surface area (Å²) in [5, 5.41) is 3.24. The van der Waals surface area contributed by atoms with Gasteiger partial charge < -0.3 is 5.32 Å². The van der Waals surface area contributed by atoms with E-state index in [1.807, 2.05) is 0 Å². The molecule has 37 heavy (non-hydrogen) atoms. The predicted molar refractivity (Wildman–Crippen MR) is 140 cm³/mol. The summed E-state index contributed by atoms with van der Waals surface area (Å²) >= 11 is 5.85. The van der Waals surface area contributed by atoms with Crippen LogP contribution < -0.4 is 10.0 Å². The number of piperidine rings is 1. The largest absolute Gasteiger partial charge is 0.326 e. The number of nitrogens with one attached hydrogen (secondary N) is 2. The molecule has 1 amide bonds. The lowest BCUT2D eigenvalue weighted by atomic mass is 9.97. The van der Waals surface area contributed by atoms with Crippen LogP contribution in [0.5, 0.6) is 0 Å². The molecule has 1 saturated heterocycles. The molecule has 0 unspecified atom stereocenters. The number of halogens is 1. The number of sulfonamides is 2. The summed E-state index contributed by atoms with van der Waals surface area (Å²) in [7, 11) is -7.58. The highest BCUT2D eigenvalue weighted by Crippen LogP contribution is 2.26. The highest BCUT2D eigenvalue weighted by molar-refractivity contribution is 7.92. The average Bonchev–Trinajstić information content (AvgIpc) is 2.84. The lowest BCUT2D eigenvalue weighted by molar-refractivity contribution is -0.120. The van der Waals surface area contributed by atoms with Crippen LogP contribution in [0.3, 0.4) is 0 Å². The van der Waals surface area contributed by atoms with Crippen LogP contribution in [-0.2, 0) is 24.8 Å². The smallest absolute Gasteiger partial charge is 0.264 e. The Labute approximate surface area is 221 Å². The van der Waals surface area contributed by atoms with Crippen LogP contribution in [0.1, 0.15) is 24.2 Å². The molecule has 10 nitrogen and oxygen atoms in total. The number of carbonyl (C=O) groups excluding carboxylic acids is 1. The summed E-state index contributed by atoms with van der Waals surface area (Å²) in [6.07, 6.45) is 0.732. The number of hydrogen-bond donors (Lipinski definition) is 2. The third kappa shape index (κ3) is 6.45. The second-order valence-corrected chi connectivity index (χ2v) is 12.8. The molecule has 1 aliphatic heterocycles. The van der Waals surface area contributed by atoms with E-state index in [2.05, 4.69) is 20.0 Å². The van der Waals surface area contributed by atoms with E-state index in [-0.39, 0.29) is 40.7 Å². The molecule has 0 atom stereocenters. The van der Waals surface area contributed by atoms with Crippen molar-refractivity contribution in [1.29, 1.82) is 0 Å². The van der Waals surface area contributed by atoms with Gasteiger partial charge in [0.05, 0.1) is 9.79 Å². The molecular weight excluding hydrogens is 538 g/mol. The van der Waals surface area contributed by atoms with Gasteiger partial charge in [-0.3, -0.25) is 4.79 Å². The number of carbonyl (C=O) groups is 1. The molecule has 1 aliphatic rings. The molecule has 13 heteroatoms. The topological polar surface area (TPSA) is 138 Å². The minimum Gasteiger partial charge on any atom is -0.326 e. The zero-order valence-electron chi connectivity index (χ0n) is 20.2. The van der Waals surface area contributed by atoms with Gasteiger partial charge in [-0.25, -0.2) is 31.5 Å². The quantitative estimate of drug-likeness (QED) is 0.448. The van der Waals surface area contributed by atoms with Crippen molar-refractivity contribution in [3.8, 4) is 0 Å². The molecule has 0 spiro atoms. The highest BCUT2D eigenvalue weighted by Gasteiger charge is 2.32. The minimum absolute atomic E-state index is 0.00558. The molecule has 4 rings (SSSR count). The minimum atomic E-state index is -3.92. The fraction of sp³-hybridized carbons (Fsp3) is 0.292. The number of hydrogen-bond acceptors (Lipinski definition) is 7. The third-order valence-electron chi connectivity index (χ3n) is 5.92. The van der Waals surface area contributed by atoms with E-state index in [1.165, 1.54) is 52.8 Å². The van der Waals surface area contributed by atoms with Gasteiger partial charge in [-0.15, -0.1) is 0 Å². The first-order valence-electron chi connectivity index (χ1n) is 11.5. The summed E-state index contributed by atoms with van der Waals surface area (Å²) in [5.41, 5.74) is 1.70. The molecule has 2 heterocycles. The number of benzene rings is 2. The fourth-order valence-electron chi connectivity index (χ4n) is 4.03. The van der Waals surface area contributed by atoms with Gasteiger partial charge in [0.15, 0.2) is 0 Å². The van der Waals surface area contributed by atoms with Crippen LogP contribution in [0.4, 0.5) is 11.6 Å². The van der Waals surface area contributed by atoms with Gasteiger partial charge in [-0.1, -0.05) is 11.6 Å². The van der Waals surface area contributed by atoms with Gasteiger partial charge in [0.1, 0.15) is 0 Å². The Morgan fingerprint density at radius 1 is 0.892 bits per heavy atom. The summed E-state index contributed by atoms with van der Waals surface area (Å²) in [6, 6.07) is 13.5. The second kappa shape index (κ2) is 10.7. The fourth-order valence-corrected chi connectivity index (χ4v) is 6.57. The Balaban J connectivity index is 1.35. The number of anilines is 2. The number of rotatable bonds is 7. The molecule has 2 N–H and O–H groups in total. The zero-order chi connectivity index (χ0) is 26.8. The standard InChI is InChI=1S/C24H26ClN5O5S2/c1-16-15-17(2)27-24(26-16)29-36(32,33)21-9-5-20(6-10-21)28-23(31)18-11-13-30(14-12-18)37(34,35)22-7-3-19(25)4-8-22/h3-10,15,18H,11-14H2,1-2H3,(H,28,31)(H,26,27,29). The van der Waals surface area contributed by atoms with Gasteiger partial charge in [0.2, 0.25) is 21.9 Å². The van der Waals surface area contributed by atoms with Crippen LogP contribution in [0.25, 0.3) is 0 Å². The number of nitrogens with zero attached hydrogens (tertiary/aromatic N) is 3. The van der Waals surface area contributed by atoms with E-state index in [4.69, 9.17) is 11.6 Å². The SMILES string of the molecule is Cc1cc(C)nc(NS(=O)(=O)c2ccc(NC(=O)C3CCN(S(=O)(=O)c4ccc(Cl)cc4)CC3)cc2)n1. The normalized spacial score (nSPS) is 15.3. The van der Waals surface area contributed by atoms with E-state index in [0.717, 1.165) is 0 Å². The van der Waals surface area contributed by atoms with Crippen LogP contribution >= 0.6 is 11.6 Å². The van der Waals surface area contributed by atoms with Crippen LogP contribution in [-0.4, -0.2) is 50.1 Å². The summed E-state index contributed by atoms with van der Waals surface area (Å²) < 4.78 is 54.8. The average molecular weight is 564 g/mol. The summed E-state index contributed by atoms with van der Waals surface area (Å²) in [6.45, 7) is 3.91. The number of aromatic nitrogens is 2. The van der Waals surface area contributed by atoms with Gasteiger partial charge in [-0.05, 0) is 81.3 Å². The van der Waals surface area contributed by atoms with Crippen molar-refractivity contribution in [3.63, 3.8) is 0 Å². The van der Waals surface area contributed by atoms with Crippen LogP contribution in [0.2, 0.25) is 5.02 Å². The molecule has 3 aromatic rings. The molecule has 0 bridgehead atoms.